The lowest BCUT2D eigenvalue weighted by atomic mass is 10.1. The molecule has 1 N–H and O–H groups in total. The van der Waals surface area contributed by atoms with Crippen molar-refractivity contribution in [1.82, 2.24) is 10.2 Å². The number of carbonyl (C=O) groups excluding carboxylic acids is 1. The first-order valence-electron chi connectivity index (χ1n) is 6.90. The second kappa shape index (κ2) is 6.53. The lowest BCUT2D eigenvalue weighted by Crippen LogP contribution is -2.46. The standard InChI is InChI=1S/C16H22N2O/c1-13-6-3-4-7-14(13)9-10-16(19)18-11-5-8-15(12-18)17-2/h3-4,6-7,9-10,15,17H,5,8,11-12H2,1-2H3/b10-9+. The molecule has 19 heavy (non-hydrogen) atoms. The van der Waals surface area contributed by atoms with Crippen LogP contribution in [0.4, 0.5) is 0 Å². The predicted molar refractivity (Wildman–Crippen MR) is 78.9 cm³/mol. The Bertz CT molecular complexity index is 468. The number of nitrogens with one attached hydrogen (secondary N) is 1. The van der Waals surface area contributed by atoms with Crippen LogP contribution >= 0.6 is 0 Å². The first-order chi connectivity index (χ1) is 9.20. The number of likely N-dealkylation sites (N-methyl/N-ethyl adjacent to an activating group) is 1. The number of likely N-dealkylation sites (tertiary alicyclic amines) is 1. The summed E-state index contributed by atoms with van der Waals surface area (Å²) in [5.41, 5.74) is 2.30. The molecule has 0 aromatic heterocycles. The van der Waals surface area contributed by atoms with E-state index in [1.165, 1.54) is 5.56 Å². The molecule has 1 heterocycles. The van der Waals surface area contributed by atoms with Gasteiger partial charge in [0.15, 0.2) is 0 Å². The van der Waals surface area contributed by atoms with Gasteiger partial charge in [0.1, 0.15) is 0 Å². The van der Waals surface area contributed by atoms with Crippen LogP contribution in [0.15, 0.2) is 30.3 Å². The van der Waals surface area contributed by atoms with E-state index in [1.807, 2.05) is 36.2 Å². The number of rotatable bonds is 3. The molecule has 1 atom stereocenters. The van der Waals surface area contributed by atoms with Gasteiger partial charge in [-0.05, 0) is 44.0 Å². The monoisotopic (exact) mass is 258 g/mol. The zero-order chi connectivity index (χ0) is 13.7. The van der Waals surface area contributed by atoms with Crippen LogP contribution in [0.5, 0.6) is 0 Å². The maximum Gasteiger partial charge on any atom is 0.246 e. The number of amides is 1. The summed E-state index contributed by atoms with van der Waals surface area (Å²) in [4.78, 5) is 14.1. The average molecular weight is 258 g/mol. The molecule has 1 saturated heterocycles. The first kappa shape index (κ1) is 13.8. The lowest BCUT2D eigenvalue weighted by Gasteiger charge is -2.31. The summed E-state index contributed by atoms with van der Waals surface area (Å²) in [5.74, 6) is 0.114. The number of benzene rings is 1. The minimum atomic E-state index is 0.114. The molecular weight excluding hydrogens is 236 g/mol. The van der Waals surface area contributed by atoms with Crippen molar-refractivity contribution < 1.29 is 4.79 Å². The molecule has 1 aromatic carbocycles. The summed E-state index contributed by atoms with van der Waals surface area (Å²) in [7, 11) is 1.96. The van der Waals surface area contributed by atoms with Crippen molar-refractivity contribution in [2.24, 2.45) is 0 Å². The van der Waals surface area contributed by atoms with E-state index in [2.05, 4.69) is 18.3 Å². The number of hydrogen-bond acceptors (Lipinski definition) is 2. The Balaban J connectivity index is 1.99. The Morgan fingerprint density at radius 1 is 1.42 bits per heavy atom. The fourth-order valence-corrected chi connectivity index (χ4v) is 2.45. The minimum absolute atomic E-state index is 0.114. The summed E-state index contributed by atoms with van der Waals surface area (Å²) in [6.07, 6.45) is 5.85. The fraction of sp³-hybridized carbons (Fsp3) is 0.438. The summed E-state index contributed by atoms with van der Waals surface area (Å²) in [6, 6.07) is 8.53. The maximum atomic E-state index is 12.2. The minimum Gasteiger partial charge on any atom is -0.338 e. The topological polar surface area (TPSA) is 32.3 Å². The van der Waals surface area contributed by atoms with E-state index in [-0.39, 0.29) is 5.91 Å². The van der Waals surface area contributed by atoms with E-state index in [0.29, 0.717) is 6.04 Å². The van der Waals surface area contributed by atoms with Gasteiger partial charge in [-0.3, -0.25) is 4.79 Å². The van der Waals surface area contributed by atoms with Gasteiger partial charge in [0, 0.05) is 25.2 Å². The van der Waals surface area contributed by atoms with Crippen molar-refractivity contribution in [1.29, 1.82) is 0 Å². The molecule has 0 radical (unpaired) electrons. The molecule has 1 aliphatic heterocycles. The van der Waals surface area contributed by atoms with E-state index in [1.54, 1.807) is 6.08 Å². The number of hydrogen-bond donors (Lipinski definition) is 1. The smallest absolute Gasteiger partial charge is 0.246 e. The van der Waals surface area contributed by atoms with Crippen LogP contribution in [-0.2, 0) is 4.79 Å². The number of aryl methyl sites for hydroxylation is 1. The third-order valence-corrected chi connectivity index (χ3v) is 3.74. The summed E-state index contributed by atoms with van der Waals surface area (Å²) in [5, 5.41) is 3.25. The molecular formula is C16H22N2O. The van der Waals surface area contributed by atoms with Gasteiger partial charge in [-0.2, -0.15) is 0 Å². The zero-order valence-corrected chi connectivity index (χ0v) is 11.7. The largest absolute Gasteiger partial charge is 0.338 e. The van der Waals surface area contributed by atoms with E-state index in [0.717, 1.165) is 31.5 Å². The zero-order valence-electron chi connectivity index (χ0n) is 11.7. The fourth-order valence-electron chi connectivity index (χ4n) is 2.45. The summed E-state index contributed by atoms with van der Waals surface area (Å²) < 4.78 is 0. The molecule has 0 aliphatic carbocycles. The van der Waals surface area contributed by atoms with Crippen LogP contribution in [0.2, 0.25) is 0 Å². The van der Waals surface area contributed by atoms with Gasteiger partial charge in [0.25, 0.3) is 0 Å². The maximum absolute atomic E-state index is 12.2. The van der Waals surface area contributed by atoms with E-state index >= 15 is 0 Å². The third kappa shape index (κ3) is 3.67. The Hall–Kier alpha value is -1.61. The number of piperidine rings is 1. The number of carbonyl (C=O) groups is 1. The molecule has 3 heteroatoms. The van der Waals surface area contributed by atoms with Crippen LogP contribution in [0.1, 0.15) is 24.0 Å². The molecule has 1 fully saturated rings. The molecule has 0 saturated carbocycles. The van der Waals surface area contributed by atoms with Gasteiger partial charge in [-0.1, -0.05) is 24.3 Å². The molecule has 1 aromatic rings. The predicted octanol–water partition coefficient (Wildman–Crippen LogP) is 2.22. The van der Waals surface area contributed by atoms with Crippen molar-refractivity contribution in [2.75, 3.05) is 20.1 Å². The summed E-state index contributed by atoms with van der Waals surface area (Å²) in [6.45, 7) is 3.74. The van der Waals surface area contributed by atoms with Gasteiger partial charge in [-0.15, -0.1) is 0 Å². The van der Waals surface area contributed by atoms with Crippen LogP contribution in [-0.4, -0.2) is 37.0 Å². The van der Waals surface area contributed by atoms with Crippen molar-refractivity contribution in [3.63, 3.8) is 0 Å². The molecule has 0 bridgehead atoms. The highest BCUT2D eigenvalue weighted by molar-refractivity contribution is 5.92. The normalized spacial score (nSPS) is 19.9. The highest BCUT2D eigenvalue weighted by atomic mass is 16.2. The van der Waals surface area contributed by atoms with Gasteiger partial charge < -0.3 is 10.2 Å². The van der Waals surface area contributed by atoms with Gasteiger partial charge in [0.2, 0.25) is 5.91 Å². The highest BCUT2D eigenvalue weighted by Crippen LogP contribution is 2.12. The molecule has 1 aliphatic rings. The summed E-state index contributed by atoms with van der Waals surface area (Å²) >= 11 is 0. The van der Waals surface area contributed by atoms with Gasteiger partial charge >= 0.3 is 0 Å². The average Bonchev–Trinajstić information content (AvgIpc) is 2.46. The molecule has 102 valence electrons. The van der Waals surface area contributed by atoms with Crippen LogP contribution < -0.4 is 5.32 Å². The highest BCUT2D eigenvalue weighted by Gasteiger charge is 2.20. The second-order valence-corrected chi connectivity index (χ2v) is 5.10. The van der Waals surface area contributed by atoms with Crippen LogP contribution in [0.25, 0.3) is 6.08 Å². The number of nitrogens with zero attached hydrogens (tertiary/aromatic N) is 1. The molecule has 1 unspecified atom stereocenters. The first-order valence-corrected chi connectivity index (χ1v) is 6.90. The lowest BCUT2D eigenvalue weighted by molar-refractivity contribution is -0.127. The van der Waals surface area contributed by atoms with Crippen LogP contribution in [0, 0.1) is 6.92 Å². The third-order valence-electron chi connectivity index (χ3n) is 3.74. The molecule has 0 spiro atoms. The van der Waals surface area contributed by atoms with Crippen molar-refractivity contribution in [3.05, 3.63) is 41.5 Å². The second-order valence-electron chi connectivity index (χ2n) is 5.10. The van der Waals surface area contributed by atoms with Gasteiger partial charge in [-0.25, -0.2) is 0 Å². The molecule has 3 nitrogen and oxygen atoms in total. The molecule has 2 rings (SSSR count). The Kier molecular flexibility index (Phi) is 4.74. The van der Waals surface area contributed by atoms with Crippen molar-refractivity contribution in [2.45, 2.75) is 25.8 Å². The van der Waals surface area contributed by atoms with E-state index < -0.39 is 0 Å². The van der Waals surface area contributed by atoms with Crippen molar-refractivity contribution in [3.8, 4) is 0 Å². The van der Waals surface area contributed by atoms with Crippen molar-refractivity contribution >= 4 is 12.0 Å². The van der Waals surface area contributed by atoms with E-state index in [9.17, 15) is 4.79 Å². The molecule has 1 amide bonds. The van der Waals surface area contributed by atoms with Crippen LogP contribution in [0.3, 0.4) is 0 Å². The Morgan fingerprint density at radius 3 is 2.95 bits per heavy atom. The van der Waals surface area contributed by atoms with Gasteiger partial charge in [0.05, 0.1) is 0 Å². The quantitative estimate of drug-likeness (QED) is 0.843. The SMILES string of the molecule is CNC1CCCN(C(=O)/C=C/c2ccccc2C)C1. The Morgan fingerprint density at radius 2 is 2.21 bits per heavy atom. The Labute approximate surface area is 115 Å². The van der Waals surface area contributed by atoms with E-state index in [4.69, 9.17) is 0 Å².